The van der Waals surface area contributed by atoms with Crippen LogP contribution in [0.25, 0.3) is 0 Å². The average Bonchev–Trinajstić information content (AvgIpc) is 1.82. The van der Waals surface area contributed by atoms with E-state index in [4.69, 9.17) is 5.73 Å². The molecule has 0 aromatic carbocycles. The smallest absolute Gasteiger partial charge is 0.00131 e. The third kappa shape index (κ3) is 3.14. The average molecular weight is 169 g/mol. The Morgan fingerprint density at radius 1 is 1.50 bits per heavy atom. The van der Waals surface area contributed by atoms with Crippen LogP contribution in [0.5, 0.6) is 0 Å². The molecule has 0 aromatic rings. The molecule has 1 saturated carbocycles. The highest BCUT2D eigenvalue weighted by molar-refractivity contribution is 4.80. The Kier molecular flexibility index (Phi) is 3.16. The third-order valence-corrected chi connectivity index (χ3v) is 3.01. The van der Waals surface area contributed by atoms with E-state index in [-0.39, 0.29) is 0 Å². The van der Waals surface area contributed by atoms with Crippen molar-refractivity contribution in [2.75, 3.05) is 0 Å². The summed E-state index contributed by atoms with van der Waals surface area (Å²) in [6.45, 7) is 6.91. The van der Waals surface area contributed by atoms with Crippen molar-refractivity contribution < 1.29 is 0 Å². The van der Waals surface area contributed by atoms with E-state index in [1.165, 1.54) is 32.1 Å². The first kappa shape index (κ1) is 10.0. The van der Waals surface area contributed by atoms with Gasteiger partial charge in [0.1, 0.15) is 0 Å². The van der Waals surface area contributed by atoms with Gasteiger partial charge in [-0.3, -0.25) is 0 Å². The van der Waals surface area contributed by atoms with Crippen LogP contribution in [0.15, 0.2) is 0 Å². The van der Waals surface area contributed by atoms with Gasteiger partial charge >= 0.3 is 0 Å². The Balaban J connectivity index is 2.36. The number of nitrogens with two attached hydrogens (primary N) is 1. The van der Waals surface area contributed by atoms with Gasteiger partial charge in [0.05, 0.1) is 0 Å². The molecule has 0 amide bonds. The summed E-state index contributed by atoms with van der Waals surface area (Å²) in [4.78, 5) is 0. The Bertz CT molecular complexity index is 138. The van der Waals surface area contributed by atoms with Gasteiger partial charge in [0.25, 0.3) is 0 Å². The van der Waals surface area contributed by atoms with Gasteiger partial charge in [-0.25, -0.2) is 0 Å². The predicted octanol–water partition coefficient (Wildman–Crippen LogP) is 2.94. The van der Waals surface area contributed by atoms with Crippen LogP contribution >= 0.6 is 0 Å². The first-order valence-corrected chi connectivity index (χ1v) is 5.25. The minimum absolute atomic E-state index is 0.392. The molecular weight excluding hydrogens is 146 g/mol. The summed E-state index contributed by atoms with van der Waals surface area (Å²) in [5, 5.41) is 0. The molecule has 0 spiro atoms. The fraction of sp³-hybridized carbons (Fsp3) is 1.00. The highest BCUT2D eigenvalue weighted by Crippen LogP contribution is 2.39. The van der Waals surface area contributed by atoms with E-state index in [9.17, 15) is 0 Å². The topological polar surface area (TPSA) is 26.0 Å². The van der Waals surface area contributed by atoms with Gasteiger partial charge in [0.15, 0.2) is 0 Å². The normalized spacial score (nSPS) is 31.5. The maximum Gasteiger partial charge on any atom is 0.00131 e. The molecule has 1 fully saturated rings. The van der Waals surface area contributed by atoms with Gasteiger partial charge in [-0.1, -0.05) is 26.7 Å². The monoisotopic (exact) mass is 169 g/mol. The molecule has 2 N–H and O–H groups in total. The van der Waals surface area contributed by atoms with E-state index in [0.29, 0.717) is 11.5 Å². The Hall–Kier alpha value is -0.0400. The van der Waals surface area contributed by atoms with Gasteiger partial charge in [0.2, 0.25) is 0 Å². The standard InChI is InChI=1S/C11H23N/c1-9(12)7-10-5-4-6-11(2,3)8-10/h9-10H,4-8,12H2,1-3H3/t9-,10?/m1/s1. The highest BCUT2D eigenvalue weighted by atomic mass is 14.6. The molecular formula is C11H23N. The summed E-state index contributed by atoms with van der Waals surface area (Å²) in [7, 11) is 0. The first-order valence-electron chi connectivity index (χ1n) is 5.25. The van der Waals surface area contributed by atoms with E-state index in [2.05, 4.69) is 20.8 Å². The SMILES string of the molecule is C[C@@H](N)CC1CCCC(C)(C)C1. The van der Waals surface area contributed by atoms with Crippen LogP contribution < -0.4 is 5.73 Å². The largest absolute Gasteiger partial charge is 0.328 e. The molecule has 1 aliphatic rings. The zero-order valence-electron chi connectivity index (χ0n) is 8.77. The predicted molar refractivity (Wildman–Crippen MR) is 54.0 cm³/mol. The molecule has 1 rings (SSSR count). The van der Waals surface area contributed by atoms with Crippen LogP contribution in [-0.2, 0) is 0 Å². The quantitative estimate of drug-likeness (QED) is 0.675. The van der Waals surface area contributed by atoms with Crippen molar-refractivity contribution in [3.63, 3.8) is 0 Å². The van der Waals surface area contributed by atoms with E-state index in [1.54, 1.807) is 0 Å². The maximum atomic E-state index is 5.81. The fourth-order valence-electron chi connectivity index (χ4n) is 2.58. The van der Waals surface area contributed by atoms with Crippen LogP contribution in [0.3, 0.4) is 0 Å². The summed E-state index contributed by atoms with van der Waals surface area (Å²) in [6, 6.07) is 0.392. The maximum absolute atomic E-state index is 5.81. The van der Waals surface area contributed by atoms with Crippen LogP contribution in [-0.4, -0.2) is 6.04 Å². The Morgan fingerprint density at radius 2 is 2.17 bits per heavy atom. The van der Waals surface area contributed by atoms with Crippen LogP contribution in [0.2, 0.25) is 0 Å². The summed E-state index contributed by atoms with van der Waals surface area (Å²) in [5.41, 5.74) is 6.39. The highest BCUT2D eigenvalue weighted by Gasteiger charge is 2.27. The minimum atomic E-state index is 0.392. The van der Waals surface area contributed by atoms with Crippen molar-refractivity contribution in [3.05, 3.63) is 0 Å². The minimum Gasteiger partial charge on any atom is -0.328 e. The summed E-state index contributed by atoms with van der Waals surface area (Å²) in [5.74, 6) is 0.897. The van der Waals surface area contributed by atoms with Crippen molar-refractivity contribution in [3.8, 4) is 0 Å². The second-order valence-electron chi connectivity index (χ2n) is 5.34. The summed E-state index contributed by atoms with van der Waals surface area (Å²) < 4.78 is 0. The zero-order valence-corrected chi connectivity index (χ0v) is 8.77. The van der Waals surface area contributed by atoms with E-state index in [1.807, 2.05) is 0 Å². The fourth-order valence-corrected chi connectivity index (χ4v) is 2.58. The molecule has 12 heavy (non-hydrogen) atoms. The number of rotatable bonds is 2. The molecule has 1 nitrogen and oxygen atoms in total. The number of hydrogen-bond acceptors (Lipinski definition) is 1. The Labute approximate surface area is 76.7 Å². The Morgan fingerprint density at radius 3 is 2.67 bits per heavy atom. The lowest BCUT2D eigenvalue weighted by Gasteiger charge is -2.35. The molecule has 0 radical (unpaired) electrons. The van der Waals surface area contributed by atoms with Gasteiger partial charge in [-0.15, -0.1) is 0 Å². The molecule has 72 valence electrons. The van der Waals surface area contributed by atoms with Crippen LogP contribution in [0.1, 0.15) is 52.9 Å². The second-order valence-corrected chi connectivity index (χ2v) is 5.34. The molecule has 0 aromatic heterocycles. The molecule has 1 aliphatic carbocycles. The van der Waals surface area contributed by atoms with Crippen molar-refractivity contribution >= 4 is 0 Å². The van der Waals surface area contributed by atoms with Crippen molar-refractivity contribution in [1.82, 2.24) is 0 Å². The molecule has 2 atom stereocenters. The van der Waals surface area contributed by atoms with Crippen LogP contribution in [0.4, 0.5) is 0 Å². The molecule has 0 aliphatic heterocycles. The lowest BCUT2D eigenvalue weighted by Crippen LogP contribution is -2.27. The van der Waals surface area contributed by atoms with E-state index < -0.39 is 0 Å². The molecule has 0 saturated heterocycles. The van der Waals surface area contributed by atoms with Crippen molar-refractivity contribution in [1.29, 1.82) is 0 Å². The molecule has 1 heteroatoms. The lowest BCUT2D eigenvalue weighted by molar-refractivity contribution is 0.169. The van der Waals surface area contributed by atoms with E-state index in [0.717, 1.165) is 5.92 Å². The van der Waals surface area contributed by atoms with Gasteiger partial charge in [-0.05, 0) is 37.5 Å². The molecule has 0 heterocycles. The van der Waals surface area contributed by atoms with Gasteiger partial charge in [-0.2, -0.15) is 0 Å². The first-order chi connectivity index (χ1) is 5.49. The van der Waals surface area contributed by atoms with Gasteiger partial charge in [0, 0.05) is 6.04 Å². The lowest BCUT2D eigenvalue weighted by atomic mass is 9.71. The second kappa shape index (κ2) is 3.78. The summed E-state index contributed by atoms with van der Waals surface area (Å²) in [6.07, 6.45) is 6.83. The molecule has 1 unspecified atom stereocenters. The van der Waals surface area contributed by atoms with Gasteiger partial charge < -0.3 is 5.73 Å². The van der Waals surface area contributed by atoms with Crippen molar-refractivity contribution in [2.24, 2.45) is 17.1 Å². The number of hydrogen-bond donors (Lipinski definition) is 1. The molecule has 0 bridgehead atoms. The third-order valence-electron chi connectivity index (χ3n) is 3.01. The van der Waals surface area contributed by atoms with Crippen LogP contribution in [0, 0.1) is 11.3 Å². The summed E-state index contributed by atoms with van der Waals surface area (Å²) >= 11 is 0. The van der Waals surface area contributed by atoms with E-state index >= 15 is 0 Å². The van der Waals surface area contributed by atoms with Crippen molar-refractivity contribution in [2.45, 2.75) is 58.9 Å². The zero-order chi connectivity index (χ0) is 9.19.